The molecule has 2 aromatic rings. The van der Waals surface area contributed by atoms with Gasteiger partial charge in [-0.25, -0.2) is 0 Å². The lowest BCUT2D eigenvalue weighted by molar-refractivity contribution is 0.624. The SMILES string of the molecule is CC(CN)CNc1ccc2nnnn2n1. The van der Waals surface area contributed by atoms with Gasteiger partial charge in [-0.15, -0.1) is 14.8 Å². The second-order valence-electron chi connectivity index (χ2n) is 3.47. The van der Waals surface area contributed by atoms with Crippen LogP contribution < -0.4 is 11.1 Å². The van der Waals surface area contributed by atoms with E-state index in [1.807, 2.05) is 12.1 Å². The zero-order valence-corrected chi connectivity index (χ0v) is 8.46. The van der Waals surface area contributed by atoms with Gasteiger partial charge in [-0.3, -0.25) is 0 Å². The van der Waals surface area contributed by atoms with Crippen LogP contribution in [-0.4, -0.2) is 38.3 Å². The fourth-order valence-electron chi connectivity index (χ4n) is 1.11. The van der Waals surface area contributed by atoms with Crippen LogP contribution in [0.4, 0.5) is 5.82 Å². The first-order valence-corrected chi connectivity index (χ1v) is 4.79. The number of hydrogen-bond donors (Lipinski definition) is 2. The standard InChI is InChI=1S/C8H13N7/c1-6(4-9)5-10-7-2-3-8-11-13-14-15(8)12-7/h2-3,6H,4-5,9H2,1H3,(H,10,12). The monoisotopic (exact) mass is 207 g/mol. The van der Waals surface area contributed by atoms with Crippen molar-refractivity contribution in [3.05, 3.63) is 12.1 Å². The van der Waals surface area contributed by atoms with Crippen LogP contribution in [0.15, 0.2) is 12.1 Å². The molecule has 80 valence electrons. The van der Waals surface area contributed by atoms with Crippen LogP contribution in [0.2, 0.25) is 0 Å². The van der Waals surface area contributed by atoms with Crippen molar-refractivity contribution in [1.82, 2.24) is 25.3 Å². The fraction of sp³-hybridized carbons (Fsp3) is 0.500. The number of nitrogens with zero attached hydrogens (tertiary/aromatic N) is 5. The van der Waals surface area contributed by atoms with Crippen LogP contribution in [0.25, 0.3) is 5.65 Å². The molecule has 0 aliphatic carbocycles. The van der Waals surface area contributed by atoms with E-state index in [0.717, 1.165) is 12.4 Å². The second-order valence-corrected chi connectivity index (χ2v) is 3.47. The molecule has 3 N–H and O–H groups in total. The lowest BCUT2D eigenvalue weighted by Gasteiger charge is -2.09. The molecule has 1 atom stereocenters. The maximum atomic E-state index is 5.51. The van der Waals surface area contributed by atoms with Gasteiger partial charge in [-0.05, 0) is 35.0 Å². The largest absolute Gasteiger partial charge is 0.368 e. The third-order valence-electron chi connectivity index (χ3n) is 2.10. The molecule has 0 radical (unpaired) electrons. The molecule has 0 saturated carbocycles. The first-order chi connectivity index (χ1) is 7.29. The van der Waals surface area contributed by atoms with Gasteiger partial charge < -0.3 is 11.1 Å². The Kier molecular flexibility index (Phi) is 2.72. The van der Waals surface area contributed by atoms with E-state index in [9.17, 15) is 0 Å². The molecule has 0 aliphatic heterocycles. The van der Waals surface area contributed by atoms with Crippen molar-refractivity contribution in [3.8, 4) is 0 Å². The van der Waals surface area contributed by atoms with Crippen molar-refractivity contribution >= 4 is 11.5 Å². The van der Waals surface area contributed by atoms with Crippen LogP contribution in [0.3, 0.4) is 0 Å². The highest BCUT2D eigenvalue weighted by Gasteiger charge is 2.02. The number of nitrogens with two attached hydrogens (primary N) is 1. The predicted octanol–water partition coefficient (Wildman–Crippen LogP) is -0.474. The molecule has 0 aliphatic rings. The summed E-state index contributed by atoms with van der Waals surface area (Å²) < 4.78 is 1.38. The fourth-order valence-corrected chi connectivity index (χ4v) is 1.11. The summed E-state index contributed by atoms with van der Waals surface area (Å²) >= 11 is 0. The first kappa shape index (κ1) is 9.78. The number of hydrogen-bond acceptors (Lipinski definition) is 6. The molecule has 0 amide bonds. The minimum absolute atomic E-state index is 0.413. The van der Waals surface area contributed by atoms with E-state index in [0.29, 0.717) is 18.1 Å². The van der Waals surface area contributed by atoms with Crippen molar-refractivity contribution in [3.63, 3.8) is 0 Å². The minimum Gasteiger partial charge on any atom is -0.368 e. The topological polar surface area (TPSA) is 94.0 Å². The maximum absolute atomic E-state index is 5.51. The van der Waals surface area contributed by atoms with Crippen LogP contribution in [-0.2, 0) is 0 Å². The molecular formula is C8H13N7. The number of rotatable bonds is 4. The van der Waals surface area contributed by atoms with Gasteiger partial charge in [0.25, 0.3) is 0 Å². The molecule has 0 aromatic carbocycles. The number of aromatic nitrogens is 5. The Labute approximate surface area is 86.7 Å². The minimum atomic E-state index is 0.413. The van der Waals surface area contributed by atoms with Gasteiger partial charge in [0.2, 0.25) is 0 Å². The summed E-state index contributed by atoms with van der Waals surface area (Å²) in [4.78, 5) is 0. The summed E-state index contributed by atoms with van der Waals surface area (Å²) in [5.41, 5.74) is 6.14. The number of fused-ring (bicyclic) bond motifs is 1. The van der Waals surface area contributed by atoms with Crippen molar-refractivity contribution in [2.24, 2.45) is 11.7 Å². The average Bonchev–Trinajstić information content (AvgIpc) is 2.72. The predicted molar refractivity (Wildman–Crippen MR) is 55.3 cm³/mol. The summed E-state index contributed by atoms with van der Waals surface area (Å²) in [6, 6.07) is 3.65. The number of tetrazole rings is 1. The third kappa shape index (κ3) is 2.18. The van der Waals surface area contributed by atoms with Gasteiger partial charge >= 0.3 is 0 Å². The first-order valence-electron chi connectivity index (χ1n) is 4.79. The van der Waals surface area contributed by atoms with Crippen molar-refractivity contribution in [2.45, 2.75) is 6.92 Å². The summed E-state index contributed by atoms with van der Waals surface area (Å²) in [6.45, 7) is 3.51. The van der Waals surface area contributed by atoms with Crippen LogP contribution >= 0.6 is 0 Å². The lowest BCUT2D eigenvalue weighted by Crippen LogP contribution is -2.20. The van der Waals surface area contributed by atoms with Crippen molar-refractivity contribution in [1.29, 1.82) is 0 Å². The maximum Gasteiger partial charge on any atom is 0.200 e. The molecule has 2 rings (SSSR count). The normalized spacial score (nSPS) is 12.9. The van der Waals surface area contributed by atoms with Gasteiger partial charge in [-0.1, -0.05) is 6.92 Å². The van der Waals surface area contributed by atoms with E-state index < -0.39 is 0 Å². The Morgan fingerprint density at radius 1 is 1.53 bits per heavy atom. The molecule has 7 nitrogen and oxygen atoms in total. The second kappa shape index (κ2) is 4.18. The summed E-state index contributed by atoms with van der Waals surface area (Å²) in [6.07, 6.45) is 0. The van der Waals surface area contributed by atoms with E-state index >= 15 is 0 Å². The Hall–Kier alpha value is -1.76. The van der Waals surface area contributed by atoms with Crippen molar-refractivity contribution < 1.29 is 0 Å². The number of nitrogens with one attached hydrogen (secondary N) is 1. The quantitative estimate of drug-likeness (QED) is 0.703. The molecule has 0 bridgehead atoms. The molecule has 0 spiro atoms. The molecule has 0 fully saturated rings. The van der Waals surface area contributed by atoms with Gasteiger partial charge in [0.05, 0.1) is 0 Å². The highest BCUT2D eigenvalue weighted by Crippen LogP contribution is 2.03. The van der Waals surface area contributed by atoms with Gasteiger partial charge in [0.1, 0.15) is 5.82 Å². The van der Waals surface area contributed by atoms with Gasteiger partial charge in [0, 0.05) is 6.54 Å². The van der Waals surface area contributed by atoms with Crippen LogP contribution in [0, 0.1) is 5.92 Å². The third-order valence-corrected chi connectivity index (χ3v) is 2.10. The lowest BCUT2D eigenvalue weighted by atomic mass is 10.2. The zero-order valence-electron chi connectivity index (χ0n) is 8.46. The summed E-state index contributed by atoms with van der Waals surface area (Å²) in [5, 5.41) is 18.3. The number of anilines is 1. The van der Waals surface area contributed by atoms with E-state index in [1.165, 1.54) is 4.63 Å². The molecular weight excluding hydrogens is 194 g/mol. The summed E-state index contributed by atoms with van der Waals surface area (Å²) in [7, 11) is 0. The van der Waals surface area contributed by atoms with E-state index in [1.54, 1.807) is 0 Å². The highest BCUT2D eigenvalue weighted by molar-refractivity contribution is 5.41. The summed E-state index contributed by atoms with van der Waals surface area (Å²) in [5.74, 6) is 1.16. The molecule has 2 heterocycles. The van der Waals surface area contributed by atoms with E-state index in [-0.39, 0.29) is 0 Å². The Morgan fingerprint density at radius 2 is 2.40 bits per heavy atom. The Bertz CT molecular complexity index is 437. The van der Waals surface area contributed by atoms with Gasteiger partial charge in [-0.2, -0.15) is 0 Å². The van der Waals surface area contributed by atoms with Crippen LogP contribution in [0.5, 0.6) is 0 Å². The Balaban J connectivity index is 2.08. The van der Waals surface area contributed by atoms with E-state index in [4.69, 9.17) is 5.73 Å². The molecule has 15 heavy (non-hydrogen) atoms. The molecule has 2 aromatic heterocycles. The van der Waals surface area contributed by atoms with Crippen LogP contribution in [0.1, 0.15) is 6.92 Å². The molecule has 1 unspecified atom stereocenters. The zero-order chi connectivity index (χ0) is 10.7. The highest BCUT2D eigenvalue weighted by atomic mass is 15.6. The van der Waals surface area contributed by atoms with Crippen molar-refractivity contribution in [2.75, 3.05) is 18.4 Å². The van der Waals surface area contributed by atoms with E-state index in [2.05, 4.69) is 32.9 Å². The molecule has 0 saturated heterocycles. The average molecular weight is 207 g/mol. The smallest absolute Gasteiger partial charge is 0.200 e. The molecule has 7 heteroatoms. The van der Waals surface area contributed by atoms with Gasteiger partial charge in [0.15, 0.2) is 5.65 Å². The Morgan fingerprint density at radius 3 is 3.20 bits per heavy atom.